The van der Waals surface area contributed by atoms with E-state index in [0.29, 0.717) is 0 Å². The highest BCUT2D eigenvalue weighted by Crippen LogP contribution is 2.23. The summed E-state index contributed by atoms with van der Waals surface area (Å²) in [5.41, 5.74) is 0. The summed E-state index contributed by atoms with van der Waals surface area (Å²) < 4.78 is 0. The smallest absolute Gasteiger partial charge is 0.193 e. The minimum atomic E-state index is 0.789. The molecule has 1 aliphatic rings. The average Bonchev–Trinajstić information content (AvgIpc) is 3.12. The Kier molecular flexibility index (Phi) is 6.68. The van der Waals surface area contributed by atoms with Crippen molar-refractivity contribution in [2.45, 2.75) is 46.5 Å². The van der Waals surface area contributed by atoms with E-state index in [1.807, 2.05) is 24.6 Å². The van der Waals surface area contributed by atoms with Crippen LogP contribution in [0, 0.1) is 11.8 Å². The van der Waals surface area contributed by atoms with Crippen LogP contribution in [0.1, 0.15) is 43.5 Å². The largest absolute Gasteiger partial charge is 0.356 e. The second-order valence-electron chi connectivity index (χ2n) is 6.53. The zero-order valence-electron chi connectivity index (χ0n) is 14.4. The van der Waals surface area contributed by atoms with Gasteiger partial charge in [-0.05, 0) is 31.1 Å². The maximum atomic E-state index is 4.48. The van der Waals surface area contributed by atoms with E-state index in [-0.39, 0.29) is 0 Å². The van der Waals surface area contributed by atoms with Gasteiger partial charge in [0.1, 0.15) is 0 Å². The number of nitrogens with zero attached hydrogens (tertiary/aromatic N) is 3. The van der Waals surface area contributed by atoms with Gasteiger partial charge < -0.3 is 10.2 Å². The van der Waals surface area contributed by atoms with Crippen molar-refractivity contribution in [2.75, 3.05) is 26.7 Å². The van der Waals surface area contributed by atoms with Crippen LogP contribution < -0.4 is 5.32 Å². The number of aryl methyl sites for hydroxylation is 1. The van der Waals surface area contributed by atoms with Crippen LogP contribution in [-0.2, 0) is 12.8 Å². The molecule has 0 aliphatic carbocycles. The van der Waals surface area contributed by atoms with Crippen LogP contribution in [0.5, 0.6) is 0 Å². The number of aliphatic imine (C=N–C) groups is 1. The highest BCUT2D eigenvalue weighted by molar-refractivity contribution is 7.11. The number of hydrogen-bond donors (Lipinski definition) is 1. The molecule has 1 aliphatic heterocycles. The highest BCUT2D eigenvalue weighted by atomic mass is 32.1. The minimum Gasteiger partial charge on any atom is -0.356 e. The molecule has 1 unspecified atom stereocenters. The van der Waals surface area contributed by atoms with Crippen molar-refractivity contribution in [3.63, 3.8) is 0 Å². The van der Waals surface area contributed by atoms with Crippen molar-refractivity contribution in [1.82, 2.24) is 15.2 Å². The molecule has 0 saturated carbocycles. The molecule has 1 saturated heterocycles. The van der Waals surface area contributed by atoms with Gasteiger partial charge in [0.2, 0.25) is 0 Å². The third-order valence-electron chi connectivity index (χ3n) is 4.17. The lowest BCUT2D eigenvalue weighted by atomic mass is 9.97. The summed E-state index contributed by atoms with van der Waals surface area (Å²) in [4.78, 5) is 12.7. The fourth-order valence-corrected chi connectivity index (χ4v) is 3.99. The first-order valence-electron chi connectivity index (χ1n) is 8.51. The number of nitrogens with one attached hydrogen (secondary N) is 1. The average molecular weight is 323 g/mol. The van der Waals surface area contributed by atoms with Gasteiger partial charge in [0.25, 0.3) is 0 Å². The minimum absolute atomic E-state index is 0.789. The van der Waals surface area contributed by atoms with Crippen molar-refractivity contribution in [3.8, 4) is 0 Å². The molecule has 1 N–H and O–H groups in total. The molecule has 1 aromatic heterocycles. The van der Waals surface area contributed by atoms with Gasteiger partial charge >= 0.3 is 0 Å². The Hall–Kier alpha value is -1.10. The van der Waals surface area contributed by atoms with E-state index in [1.165, 1.54) is 22.7 Å². The lowest BCUT2D eigenvalue weighted by molar-refractivity contribution is 0.404. The standard InChI is InChI=1S/C17H30N4S/c1-5-15-11-20-16(22-15)6-8-19-17(18-4)21-9-7-14(12-21)10-13(2)3/h11,13-14H,5-10,12H2,1-4H3,(H,18,19). The van der Waals surface area contributed by atoms with Crippen LogP contribution >= 0.6 is 11.3 Å². The Morgan fingerprint density at radius 2 is 2.36 bits per heavy atom. The first-order chi connectivity index (χ1) is 10.6. The lowest BCUT2D eigenvalue weighted by Gasteiger charge is -2.22. The van der Waals surface area contributed by atoms with Crippen molar-refractivity contribution in [2.24, 2.45) is 16.8 Å². The molecule has 5 heteroatoms. The summed E-state index contributed by atoms with van der Waals surface area (Å²) in [7, 11) is 1.89. The van der Waals surface area contributed by atoms with Crippen molar-refractivity contribution >= 4 is 17.3 Å². The van der Waals surface area contributed by atoms with Crippen LogP contribution in [0.3, 0.4) is 0 Å². The molecule has 4 nitrogen and oxygen atoms in total. The normalized spacial score (nSPS) is 19.2. The zero-order valence-corrected chi connectivity index (χ0v) is 15.2. The summed E-state index contributed by atoms with van der Waals surface area (Å²) in [5.74, 6) is 2.67. The molecule has 1 aromatic rings. The summed E-state index contributed by atoms with van der Waals surface area (Å²) in [6, 6.07) is 0. The monoisotopic (exact) mass is 322 g/mol. The predicted molar refractivity (Wildman–Crippen MR) is 95.7 cm³/mol. The third kappa shape index (κ3) is 4.97. The van der Waals surface area contributed by atoms with E-state index < -0.39 is 0 Å². The number of rotatable bonds is 6. The number of guanidine groups is 1. The topological polar surface area (TPSA) is 40.5 Å². The van der Waals surface area contributed by atoms with E-state index >= 15 is 0 Å². The molecule has 124 valence electrons. The van der Waals surface area contributed by atoms with E-state index in [0.717, 1.165) is 50.3 Å². The summed E-state index contributed by atoms with van der Waals surface area (Å²) in [6.45, 7) is 10.00. The second-order valence-corrected chi connectivity index (χ2v) is 7.73. The summed E-state index contributed by atoms with van der Waals surface area (Å²) in [5, 5.41) is 4.72. The number of thiazole rings is 1. The molecule has 0 amide bonds. The van der Waals surface area contributed by atoms with Gasteiger partial charge in [0.05, 0.1) is 5.01 Å². The highest BCUT2D eigenvalue weighted by Gasteiger charge is 2.25. The Balaban J connectivity index is 1.76. The molecule has 2 heterocycles. The van der Waals surface area contributed by atoms with E-state index in [4.69, 9.17) is 0 Å². The Bertz CT molecular complexity index is 481. The third-order valence-corrected chi connectivity index (χ3v) is 5.38. The molecular formula is C17H30N4S. The molecule has 2 rings (SSSR count). The van der Waals surface area contributed by atoms with Crippen LogP contribution in [0.4, 0.5) is 0 Å². The molecular weight excluding hydrogens is 292 g/mol. The molecule has 1 atom stereocenters. The van der Waals surface area contributed by atoms with Crippen LogP contribution in [-0.4, -0.2) is 42.5 Å². The Morgan fingerprint density at radius 3 is 3.00 bits per heavy atom. The molecule has 0 spiro atoms. The first-order valence-corrected chi connectivity index (χ1v) is 9.33. The summed E-state index contributed by atoms with van der Waals surface area (Å²) >= 11 is 1.83. The van der Waals surface area contributed by atoms with Crippen molar-refractivity contribution in [1.29, 1.82) is 0 Å². The van der Waals surface area contributed by atoms with Gasteiger partial charge in [-0.1, -0.05) is 20.8 Å². The maximum absolute atomic E-state index is 4.48. The molecule has 0 bridgehead atoms. The predicted octanol–water partition coefficient (Wildman–Crippen LogP) is 3.19. The quantitative estimate of drug-likeness (QED) is 0.646. The van der Waals surface area contributed by atoms with Gasteiger partial charge in [0, 0.05) is 44.2 Å². The molecule has 0 aromatic carbocycles. The van der Waals surface area contributed by atoms with E-state index in [9.17, 15) is 0 Å². The van der Waals surface area contributed by atoms with Gasteiger partial charge in [-0.15, -0.1) is 11.3 Å². The number of aromatic nitrogens is 1. The maximum Gasteiger partial charge on any atom is 0.193 e. The van der Waals surface area contributed by atoms with Gasteiger partial charge in [-0.25, -0.2) is 4.98 Å². The van der Waals surface area contributed by atoms with Crippen LogP contribution in [0.15, 0.2) is 11.2 Å². The molecule has 0 radical (unpaired) electrons. The van der Waals surface area contributed by atoms with Crippen LogP contribution in [0.2, 0.25) is 0 Å². The van der Waals surface area contributed by atoms with Crippen molar-refractivity contribution < 1.29 is 0 Å². The molecule has 22 heavy (non-hydrogen) atoms. The van der Waals surface area contributed by atoms with Crippen LogP contribution in [0.25, 0.3) is 0 Å². The first kappa shape index (κ1) is 17.3. The van der Waals surface area contributed by atoms with Gasteiger partial charge in [-0.3, -0.25) is 4.99 Å². The van der Waals surface area contributed by atoms with E-state index in [1.54, 1.807) is 0 Å². The van der Waals surface area contributed by atoms with Crippen molar-refractivity contribution in [3.05, 3.63) is 16.1 Å². The van der Waals surface area contributed by atoms with E-state index in [2.05, 4.69) is 41.0 Å². The van der Waals surface area contributed by atoms with Gasteiger partial charge in [-0.2, -0.15) is 0 Å². The lowest BCUT2D eigenvalue weighted by Crippen LogP contribution is -2.40. The Morgan fingerprint density at radius 1 is 1.55 bits per heavy atom. The zero-order chi connectivity index (χ0) is 15.9. The Labute approximate surface area is 139 Å². The number of likely N-dealkylation sites (tertiary alicyclic amines) is 1. The summed E-state index contributed by atoms with van der Waals surface area (Å²) in [6.07, 6.45) is 6.69. The van der Waals surface area contributed by atoms with Gasteiger partial charge in [0.15, 0.2) is 5.96 Å². The molecule has 1 fully saturated rings. The fourth-order valence-electron chi connectivity index (χ4n) is 3.12. The number of hydrogen-bond acceptors (Lipinski definition) is 3. The SMILES string of the molecule is CCc1cnc(CCNC(=NC)N2CCC(CC(C)C)C2)s1. The fraction of sp³-hybridized carbons (Fsp3) is 0.765. The second kappa shape index (κ2) is 8.51.